The fourth-order valence-corrected chi connectivity index (χ4v) is 3.08. The van der Waals surface area contributed by atoms with E-state index in [4.69, 9.17) is 9.47 Å². The van der Waals surface area contributed by atoms with Crippen molar-refractivity contribution in [1.82, 2.24) is 10.6 Å². The van der Waals surface area contributed by atoms with Crippen molar-refractivity contribution in [2.75, 3.05) is 19.7 Å². The van der Waals surface area contributed by atoms with Crippen LogP contribution in [0.1, 0.15) is 37.8 Å². The monoisotopic (exact) mass is 304 g/mol. The summed E-state index contributed by atoms with van der Waals surface area (Å²) in [6, 6.07) is 6.41. The lowest BCUT2D eigenvalue weighted by Gasteiger charge is -2.24. The minimum Gasteiger partial charge on any atom is -0.493 e. The molecule has 2 heterocycles. The van der Waals surface area contributed by atoms with Gasteiger partial charge in [-0.05, 0) is 38.0 Å². The van der Waals surface area contributed by atoms with Gasteiger partial charge in [-0.2, -0.15) is 0 Å². The quantitative estimate of drug-likeness (QED) is 0.879. The summed E-state index contributed by atoms with van der Waals surface area (Å²) in [5.74, 6) is 1.25. The number of hydrogen-bond donors (Lipinski definition) is 2. The van der Waals surface area contributed by atoms with Crippen LogP contribution in [0.3, 0.4) is 0 Å². The van der Waals surface area contributed by atoms with Crippen LogP contribution in [-0.2, 0) is 11.2 Å². The van der Waals surface area contributed by atoms with E-state index >= 15 is 0 Å². The molecule has 0 aliphatic carbocycles. The van der Waals surface area contributed by atoms with Crippen LogP contribution < -0.4 is 15.4 Å². The molecule has 5 heteroatoms. The van der Waals surface area contributed by atoms with Crippen molar-refractivity contribution in [2.24, 2.45) is 0 Å². The van der Waals surface area contributed by atoms with Gasteiger partial charge in [0.15, 0.2) is 0 Å². The molecule has 1 saturated heterocycles. The van der Waals surface area contributed by atoms with Gasteiger partial charge in [0.2, 0.25) is 0 Å². The van der Waals surface area contributed by atoms with Crippen molar-refractivity contribution in [3.63, 3.8) is 0 Å². The van der Waals surface area contributed by atoms with E-state index in [0.29, 0.717) is 0 Å². The number of hydrogen-bond acceptors (Lipinski definition) is 4. The zero-order valence-electron chi connectivity index (χ0n) is 13.4. The molecule has 0 spiro atoms. The van der Waals surface area contributed by atoms with Crippen LogP contribution in [0.15, 0.2) is 18.2 Å². The molecule has 2 aliphatic rings. The van der Waals surface area contributed by atoms with E-state index in [0.717, 1.165) is 31.9 Å². The maximum absolute atomic E-state index is 12.0. The Morgan fingerprint density at radius 2 is 2.18 bits per heavy atom. The van der Waals surface area contributed by atoms with Crippen LogP contribution in [0.25, 0.3) is 0 Å². The van der Waals surface area contributed by atoms with Gasteiger partial charge in [-0.25, -0.2) is 4.79 Å². The summed E-state index contributed by atoms with van der Waals surface area (Å²) in [6.07, 6.45) is 0.615. The molecule has 1 amide bonds. The first kappa shape index (κ1) is 15.2. The Balaban J connectivity index is 1.69. The second kappa shape index (κ2) is 5.80. The molecule has 5 nitrogen and oxygen atoms in total. The lowest BCUT2D eigenvalue weighted by atomic mass is 9.92. The molecule has 120 valence electrons. The van der Waals surface area contributed by atoms with Crippen LogP contribution in [0.4, 0.5) is 4.79 Å². The number of fused-ring (bicyclic) bond motifs is 1. The highest BCUT2D eigenvalue weighted by Crippen LogP contribution is 2.31. The van der Waals surface area contributed by atoms with Crippen molar-refractivity contribution in [3.05, 3.63) is 29.3 Å². The minimum atomic E-state index is -0.476. The summed E-state index contributed by atoms with van der Waals surface area (Å²) in [5, 5.41) is 6.35. The number of nitrogens with one attached hydrogen (secondary N) is 2. The zero-order valence-corrected chi connectivity index (χ0v) is 13.4. The first-order valence-electron chi connectivity index (χ1n) is 7.88. The highest BCUT2D eigenvalue weighted by Gasteiger charge is 2.31. The summed E-state index contributed by atoms with van der Waals surface area (Å²) in [7, 11) is 0. The van der Waals surface area contributed by atoms with E-state index in [1.807, 2.05) is 26.8 Å². The Bertz CT molecular complexity index is 566. The molecule has 2 aliphatic heterocycles. The van der Waals surface area contributed by atoms with E-state index in [1.165, 1.54) is 11.1 Å². The van der Waals surface area contributed by atoms with Gasteiger partial charge >= 0.3 is 6.09 Å². The second-order valence-corrected chi connectivity index (χ2v) is 6.98. The van der Waals surface area contributed by atoms with E-state index in [-0.39, 0.29) is 18.1 Å². The SMILES string of the molecule is CC(C)(C)OC(=O)N[C@@H]1CNC[C@H]1c1ccc2c(c1)CCO2. The number of ether oxygens (including phenoxy) is 2. The molecule has 2 N–H and O–H groups in total. The largest absolute Gasteiger partial charge is 0.493 e. The Morgan fingerprint density at radius 1 is 1.36 bits per heavy atom. The van der Waals surface area contributed by atoms with Gasteiger partial charge in [-0.15, -0.1) is 0 Å². The molecule has 1 aromatic rings. The molecule has 3 rings (SSSR count). The molecular weight excluding hydrogens is 280 g/mol. The smallest absolute Gasteiger partial charge is 0.407 e. The van der Waals surface area contributed by atoms with Crippen molar-refractivity contribution < 1.29 is 14.3 Å². The van der Waals surface area contributed by atoms with Crippen molar-refractivity contribution >= 4 is 6.09 Å². The number of carbonyl (C=O) groups is 1. The number of alkyl carbamates (subject to hydrolysis) is 1. The van der Waals surface area contributed by atoms with Gasteiger partial charge < -0.3 is 20.1 Å². The standard InChI is InChI=1S/C17H24N2O3/c1-17(2,3)22-16(20)19-14-10-18-9-13(14)11-4-5-15-12(8-11)6-7-21-15/h4-5,8,13-14,18H,6-7,9-10H2,1-3H3,(H,19,20)/t13-,14+/m0/s1. The number of benzene rings is 1. The van der Waals surface area contributed by atoms with Gasteiger partial charge in [0.1, 0.15) is 11.4 Å². The Labute approximate surface area is 131 Å². The predicted molar refractivity (Wildman–Crippen MR) is 84.4 cm³/mol. The predicted octanol–water partition coefficient (Wildman–Crippen LogP) is 2.20. The van der Waals surface area contributed by atoms with Crippen molar-refractivity contribution in [2.45, 2.75) is 44.8 Å². The van der Waals surface area contributed by atoms with Gasteiger partial charge in [0.25, 0.3) is 0 Å². The molecule has 22 heavy (non-hydrogen) atoms. The van der Waals surface area contributed by atoms with Crippen LogP contribution in [0.5, 0.6) is 5.75 Å². The molecule has 1 aromatic carbocycles. The lowest BCUT2D eigenvalue weighted by molar-refractivity contribution is 0.0504. The first-order valence-corrected chi connectivity index (χ1v) is 7.88. The summed E-state index contributed by atoms with van der Waals surface area (Å²) in [4.78, 5) is 12.0. The van der Waals surface area contributed by atoms with E-state index in [9.17, 15) is 4.79 Å². The average molecular weight is 304 g/mol. The van der Waals surface area contributed by atoms with Gasteiger partial charge in [-0.3, -0.25) is 0 Å². The van der Waals surface area contributed by atoms with Gasteiger partial charge in [0.05, 0.1) is 12.6 Å². The van der Waals surface area contributed by atoms with E-state index in [2.05, 4.69) is 22.8 Å². The van der Waals surface area contributed by atoms with Crippen LogP contribution in [0.2, 0.25) is 0 Å². The maximum Gasteiger partial charge on any atom is 0.407 e. The molecule has 0 aromatic heterocycles. The van der Waals surface area contributed by atoms with Gasteiger partial charge in [0, 0.05) is 25.4 Å². The van der Waals surface area contributed by atoms with Crippen LogP contribution in [-0.4, -0.2) is 37.4 Å². The Kier molecular flexibility index (Phi) is 4.00. The minimum absolute atomic E-state index is 0.0511. The molecule has 2 atom stereocenters. The maximum atomic E-state index is 12.0. The van der Waals surface area contributed by atoms with E-state index < -0.39 is 5.60 Å². The third-order valence-electron chi connectivity index (χ3n) is 4.06. The number of rotatable bonds is 2. The third-order valence-corrected chi connectivity index (χ3v) is 4.06. The topological polar surface area (TPSA) is 59.6 Å². The summed E-state index contributed by atoms with van der Waals surface area (Å²) in [5.41, 5.74) is 2.03. The molecule has 0 saturated carbocycles. The zero-order chi connectivity index (χ0) is 15.7. The fraction of sp³-hybridized carbons (Fsp3) is 0.588. The number of carbonyl (C=O) groups excluding carboxylic acids is 1. The van der Waals surface area contributed by atoms with Gasteiger partial charge in [-0.1, -0.05) is 12.1 Å². The molecule has 0 bridgehead atoms. The summed E-state index contributed by atoms with van der Waals surface area (Å²) >= 11 is 0. The van der Waals surface area contributed by atoms with E-state index in [1.54, 1.807) is 0 Å². The normalized spacial score (nSPS) is 23.8. The van der Waals surface area contributed by atoms with Crippen LogP contribution in [0, 0.1) is 0 Å². The lowest BCUT2D eigenvalue weighted by Crippen LogP contribution is -2.42. The molecular formula is C17H24N2O3. The molecule has 0 unspecified atom stereocenters. The summed E-state index contributed by atoms with van der Waals surface area (Å²) < 4.78 is 10.9. The number of amides is 1. The Morgan fingerprint density at radius 3 is 2.95 bits per heavy atom. The molecule has 0 radical (unpaired) electrons. The first-order chi connectivity index (χ1) is 10.4. The highest BCUT2D eigenvalue weighted by molar-refractivity contribution is 5.68. The second-order valence-electron chi connectivity index (χ2n) is 6.98. The molecule has 1 fully saturated rings. The van der Waals surface area contributed by atoms with Crippen molar-refractivity contribution in [1.29, 1.82) is 0 Å². The van der Waals surface area contributed by atoms with Crippen molar-refractivity contribution in [3.8, 4) is 5.75 Å². The summed E-state index contributed by atoms with van der Waals surface area (Å²) in [6.45, 7) is 8.01. The van der Waals surface area contributed by atoms with Crippen LogP contribution >= 0.6 is 0 Å². The third kappa shape index (κ3) is 3.35. The highest BCUT2D eigenvalue weighted by atomic mass is 16.6. The average Bonchev–Trinajstić information content (AvgIpc) is 3.03. The Hall–Kier alpha value is -1.75. The fourth-order valence-electron chi connectivity index (χ4n) is 3.08.